The fourth-order valence-corrected chi connectivity index (χ4v) is 5.05. The molecule has 0 amide bonds. The molecule has 1 aromatic carbocycles. The lowest BCUT2D eigenvalue weighted by Gasteiger charge is -2.37. The van der Waals surface area contributed by atoms with Crippen molar-refractivity contribution in [3.63, 3.8) is 0 Å². The van der Waals surface area contributed by atoms with E-state index >= 15 is 0 Å². The van der Waals surface area contributed by atoms with E-state index in [2.05, 4.69) is 4.98 Å². The van der Waals surface area contributed by atoms with Crippen LogP contribution in [0.1, 0.15) is 12.5 Å². The van der Waals surface area contributed by atoms with E-state index in [1.807, 2.05) is 4.90 Å². The molecule has 0 radical (unpaired) electrons. The summed E-state index contributed by atoms with van der Waals surface area (Å²) in [5, 5.41) is 10.7. The summed E-state index contributed by atoms with van der Waals surface area (Å²) in [4.78, 5) is 7.53. The van der Waals surface area contributed by atoms with Gasteiger partial charge in [-0.1, -0.05) is 12.1 Å². The summed E-state index contributed by atoms with van der Waals surface area (Å²) in [5.74, 6) is 0.193. The van der Waals surface area contributed by atoms with Gasteiger partial charge in [0, 0.05) is 55.6 Å². The van der Waals surface area contributed by atoms with Crippen LogP contribution < -0.4 is 10.6 Å². The molecule has 1 aliphatic rings. The van der Waals surface area contributed by atoms with Crippen LogP contribution in [0.4, 0.5) is 37.8 Å². The summed E-state index contributed by atoms with van der Waals surface area (Å²) < 4.78 is 103. The zero-order chi connectivity index (χ0) is 26.9. The average molecular weight is 539 g/mol. The number of nitrogens with two attached hydrogens (primary N) is 1. The molecule has 198 valence electrons. The van der Waals surface area contributed by atoms with Crippen LogP contribution in [-0.2, 0) is 15.4 Å². The Kier molecular flexibility index (Phi) is 7.63. The second-order valence-corrected chi connectivity index (χ2v) is 10.2. The zero-order valence-electron chi connectivity index (χ0n) is 19.0. The lowest BCUT2D eigenvalue weighted by atomic mass is 9.92. The molecule has 36 heavy (non-hydrogen) atoms. The van der Waals surface area contributed by atoms with Gasteiger partial charge < -0.3 is 15.7 Å². The molecule has 0 unspecified atom stereocenters. The first-order valence-corrected chi connectivity index (χ1v) is 12.2. The van der Waals surface area contributed by atoms with Gasteiger partial charge in [0.05, 0.1) is 4.90 Å². The summed E-state index contributed by atoms with van der Waals surface area (Å²) in [7, 11) is -3.72. The molecule has 1 fully saturated rings. The summed E-state index contributed by atoms with van der Waals surface area (Å²) in [6.45, 7) is 3.78. The highest BCUT2D eigenvalue weighted by Gasteiger charge is 2.71. The zero-order valence-corrected chi connectivity index (χ0v) is 19.8. The second-order valence-electron chi connectivity index (χ2n) is 8.44. The summed E-state index contributed by atoms with van der Waals surface area (Å²) >= 11 is 0. The van der Waals surface area contributed by atoms with Crippen LogP contribution in [0.15, 0.2) is 58.5 Å². The van der Waals surface area contributed by atoms with Gasteiger partial charge in [0.1, 0.15) is 5.82 Å². The Morgan fingerprint density at radius 1 is 1.00 bits per heavy atom. The molecule has 7 nitrogen and oxygen atoms in total. The lowest BCUT2D eigenvalue weighted by molar-refractivity contribution is -0.376. The van der Waals surface area contributed by atoms with Crippen molar-refractivity contribution in [2.75, 3.05) is 43.4 Å². The SMILES string of the molecule is CC(=CS(=O)(=O)c1ccc(N)nc1)CN1CCN(c2ccc(C(O)(C(F)(F)F)C(F)(F)F)cc2)CC1. The minimum atomic E-state index is -5.94. The van der Waals surface area contributed by atoms with Gasteiger partial charge in [-0.25, -0.2) is 13.4 Å². The lowest BCUT2D eigenvalue weighted by Crippen LogP contribution is -2.53. The van der Waals surface area contributed by atoms with Crippen molar-refractivity contribution in [3.05, 3.63) is 59.1 Å². The van der Waals surface area contributed by atoms with Crippen LogP contribution in [0.3, 0.4) is 0 Å². The number of benzene rings is 1. The third-order valence-corrected chi connectivity index (χ3v) is 7.37. The van der Waals surface area contributed by atoms with Crippen LogP contribution in [-0.4, -0.2) is 68.5 Å². The van der Waals surface area contributed by atoms with E-state index in [9.17, 15) is 39.9 Å². The number of aliphatic hydroxyl groups is 1. The highest BCUT2D eigenvalue weighted by Crippen LogP contribution is 2.50. The fraction of sp³-hybridized carbons (Fsp3) is 0.409. The second kappa shape index (κ2) is 9.90. The molecular formula is C22H24F6N4O3S. The van der Waals surface area contributed by atoms with Gasteiger partial charge in [0.15, 0.2) is 0 Å². The molecular weight excluding hydrogens is 514 g/mol. The van der Waals surface area contributed by atoms with Crippen LogP contribution in [0.25, 0.3) is 0 Å². The number of piperazine rings is 1. The monoisotopic (exact) mass is 538 g/mol. The number of alkyl halides is 6. The van der Waals surface area contributed by atoms with Gasteiger partial charge in [-0.05, 0) is 36.8 Å². The largest absolute Gasteiger partial charge is 0.430 e. The Bertz CT molecular complexity index is 1170. The maximum atomic E-state index is 13.1. The third kappa shape index (κ3) is 5.76. The number of pyridine rings is 1. The van der Waals surface area contributed by atoms with E-state index in [0.29, 0.717) is 56.1 Å². The molecule has 0 spiro atoms. The molecule has 0 bridgehead atoms. The number of aromatic nitrogens is 1. The molecule has 0 aliphatic carbocycles. The molecule has 2 heterocycles. The van der Waals surface area contributed by atoms with E-state index in [4.69, 9.17) is 5.73 Å². The summed E-state index contributed by atoms with van der Waals surface area (Å²) in [6.07, 6.45) is -10.7. The maximum Gasteiger partial charge on any atom is 0.430 e. The normalized spacial score (nSPS) is 16.9. The minimum absolute atomic E-state index is 0.00672. The van der Waals surface area contributed by atoms with Crippen molar-refractivity contribution in [2.45, 2.75) is 29.8 Å². The minimum Gasteiger partial charge on any atom is -0.384 e. The predicted octanol–water partition coefficient (Wildman–Crippen LogP) is 3.48. The smallest absolute Gasteiger partial charge is 0.384 e. The van der Waals surface area contributed by atoms with Crippen molar-refractivity contribution in [2.24, 2.45) is 0 Å². The van der Waals surface area contributed by atoms with E-state index < -0.39 is 33.4 Å². The summed E-state index contributed by atoms with van der Waals surface area (Å²) in [5.41, 5.74) is 0.162. The van der Waals surface area contributed by atoms with E-state index in [-0.39, 0.29) is 10.7 Å². The molecule has 1 aliphatic heterocycles. The standard InChI is InChI=1S/C22H24F6N4O3S/c1-15(14-36(34,35)18-6-7-19(29)30-12-18)13-31-8-10-32(11-9-31)17-4-2-16(3-5-17)20(33,21(23,24)25)22(26,27)28/h2-7,12,14,33H,8-11,13H2,1H3,(H2,29,30). The molecule has 1 aromatic heterocycles. The Labute approximate surface area is 203 Å². The van der Waals surface area contributed by atoms with Gasteiger partial charge in [-0.3, -0.25) is 4.90 Å². The Balaban J connectivity index is 1.64. The number of nitrogens with zero attached hydrogens (tertiary/aromatic N) is 3. The highest BCUT2D eigenvalue weighted by molar-refractivity contribution is 7.94. The average Bonchev–Trinajstić information content (AvgIpc) is 2.77. The number of nitrogen functional groups attached to an aromatic ring is 1. The molecule has 14 heteroatoms. The Morgan fingerprint density at radius 2 is 1.56 bits per heavy atom. The number of rotatable bonds is 6. The first kappa shape index (κ1) is 27.7. The number of hydrogen-bond acceptors (Lipinski definition) is 7. The van der Waals surface area contributed by atoms with E-state index in [0.717, 1.165) is 17.5 Å². The quantitative estimate of drug-likeness (QED) is 0.544. The molecule has 1 saturated heterocycles. The van der Waals surface area contributed by atoms with E-state index in [1.54, 1.807) is 11.8 Å². The van der Waals surface area contributed by atoms with Crippen molar-refractivity contribution in [1.82, 2.24) is 9.88 Å². The van der Waals surface area contributed by atoms with Crippen molar-refractivity contribution >= 4 is 21.3 Å². The third-order valence-electron chi connectivity index (χ3n) is 5.76. The summed E-state index contributed by atoms with van der Waals surface area (Å²) in [6, 6.07) is 6.18. The molecule has 3 N–H and O–H groups in total. The van der Waals surface area contributed by atoms with Gasteiger partial charge in [-0.2, -0.15) is 26.3 Å². The van der Waals surface area contributed by atoms with E-state index in [1.165, 1.54) is 18.3 Å². The number of halogens is 6. The predicted molar refractivity (Wildman–Crippen MR) is 121 cm³/mol. The van der Waals surface area contributed by atoms with Crippen molar-refractivity contribution in [1.29, 1.82) is 0 Å². The topological polar surface area (TPSA) is 99.8 Å². The van der Waals surface area contributed by atoms with Gasteiger partial charge in [-0.15, -0.1) is 0 Å². The Morgan fingerprint density at radius 3 is 2.03 bits per heavy atom. The van der Waals surface area contributed by atoms with Crippen LogP contribution >= 0.6 is 0 Å². The fourth-order valence-electron chi connectivity index (χ4n) is 3.85. The molecule has 3 rings (SSSR count). The molecule has 2 aromatic rings. The van der Waals surface area contributed by atoms with Crippen LogP contribution in [0.2, 0.25) is 0 Å². The number of hydrogen-bond donors (Lipinski definition) is 2. The van der Waals surface area contributed by atoms with Crippen LogP contribution in [0, 0.1) is 0 Å². The molecule has 0 atom stereocenters. The maximum absolute atomic E-state index is 13.1. The Hall–Kier alpha value is -2.84. The van der Waals surface area contributed by atoms with Gasteiger partial charge in [0.25, 0.3) is 5.60 Å². The van der Waals surface area contributed by atoms with Gasteiger partial charge >= 0.3 is 12.4 Å². The first-order chi connectivity index (χ1) is 16.5. The number of anilines is 2. The number of sulfone groups is 1. The molecule has 0 saturated carbocycles. The highest BCUT2D eigenvalue weighted by atomic mass is 32.2. The van der Waals surface area contributed by atoms with Crippen molar-refractivity contribution in [3.8, 4) is 0 Å². The first-order valence-electron chi connectivity index (χ1n) is 10.6. The van der Waals surface area contributed by atoms with Crippen molar-refractivity contribution < 1.29 is 39.9 Å². The van der Waals surface area contributed by atoms with Gasteiger partial charge in [0.2, 0.25) is 9.84 Å². The van der Waals surface area contributed by atoms with Crippen LogP contribution in [0.5, 0.6) is 0 Å².